The van der Waals surface area contributed by atoms with Crippen molar-refractivity contribution in [2.24, 2.45) is 4.99 Å². The topological polar surface area (TPSA) is 85.8 Å². The maximum Gasteiger partial charge on any atom is 0.271 e. The number of benzene rings is 3. The summed E-state index contributed by atoms with van der Waals surface area (Å²) in [5.74, 6) is 1.43. The highest BCUT2D eigenvalue weighted by Gasteiger charge is 2.32. The second-order valence-electron chi connectivity index (χ2n) is 9.39. The second kappa shape index (κ2) is 11.1. The molecule has 1 N–H and O–H groups in total. The van der Waals surface area contributed by atoms with E-state index in [4.69, 9.17) is 25.7 Å². The summed E-state index contributed by atoms with van der Waals surface area (Å²) in [7, 11) is 1.58. The van der Waals surface area contributed by atoms with Crippen LogP contribution in [0.3, 0.4) is 0 Å². The molecule has 7 nitrogen and oxygen atoms in total. The molecule has 1 aliphatic heterocycles. The fourth-order valence-electron chi connectivity index (χ4n) is 4.82. The van der Waals surface area contributed by atoms with Gasteiger partial charge in [-0.1, -0.05) is 65.4 Å². The number of para-hydroxylation sites is 1. The molecule has 6 rings (SSSR count). The first kappa shape index (κ1) is 26.6. The van der Waals surface area contributed by atoms with Crippen LogP contribution in [0.1, 0.15) is 24.3 Å². The van der Waals surface area contributed by atoms with Crippen molar-refractivity contribution >= 4 is 40.6 Å². The first-order chi connectivity index (χ1) is 19.9. The average Bonchev–Trinajstić information content (AvgIpc) is 3.57. The van der Waals surface area contributed by atoms with Crippen molar-refractivity contribution in [1.29, 1.82) is 0 Å². The number of rotatable bonds is 6. The Hall–Kier alpha value is -4.66. The monoisotopic (exact) mass is 581 g/mol. The molecule has 0 radical (unpaired) electrons. The summed E-state index contributed by atoms with van der Waals surface area (Å²) in [6, 6.07) is 26.9. The van der Waals surface area contributed by atoms with E-state index in [9.17, 15) is 9.59 Å². The van der Waals surface area contributed by atoms with Crippen molar-refractivity contribution in [2.45, 2.75) is 13.0 Å². The van der Waals surface area contributed by atoms with Gasteiger partial charge < -0.3 is 14.5 Å². The number of fused-ring (bicyclic) bond motifs is 1. The van der Waals surface area contributed by atoms with Crippen LogP contribution in [0.2, 0.25) is 5.02 Å². The van der Waals surface area contributed by atoms with Crippen molar-refractivity contribution in [1.82, 2.24) is 4.57 Å². The first-order valence-corrected chi connectivity index (χ1v) is 14.0. The summed E-state index contributed by atoms with van der Waals surface area (Å²) in [6.07, 6.45) is 1.70. The number of carbonyl (C=O) groups excluding carboxylic acids is 1. The minimum atomic E-state index is -0.717. The first-order valence-electron chi connectivity index (χ1n) is 12.8. The molecule has 5 aromatic rings. The van der Waals surface area contributed by atoms with Gasteiger partial charge in [0.25, 0.3) is 11.5 Å². The fraction of sp³-hybridized carbons (Fsp3) is 0.0938. The Morgan fingerprint density at radius 3 is 2.63 bits per heavy atom. The van der Waals surface area contributed by atoms with E-state index >= 15 is 0 Å². The summed E-state index contributed by atoms with van der Waals surface area (Å²) < 4.78 is 13.5. The standard InChI is InChI=1S/C32H24ClN3O4S/c1-19-28(30(37)35-23-11-4-3-5-12-23)29(21-9-7-13-24(17-21)39-2)36-31(38)27(41-32(36)34-19)18-25-14-15-26(40-25)20-8-6-10-22(33)16-20/h3-18,29H,1-2H3,(H,35,37)/b27-18-/t29-/m1/s1. The molecule has 2 aromatic heterocycles. The predicted octanol–water partition coefficient (Wildman–Crippen LogP) is 5.80. The number of nitrogens with zero attached hydrogens (tertiary/aromatic N) is 2. The van der Waals surface area contributed by atoms with Crippen LogP contribution in [0, 0.1) is 0 Å². The van der Waals surface area contributed by atoms with Crippen LogP contribution in [0.15, 0.2) is 116 Å². The van der Waals surface area contributed by atoms with Gasteiger partial charge in [-0.3, -0.25) is 14.2 Å². The zero-order chi connectivity index (χ0) is 28.5. The van der Waals surface area contributed by atoms with Gasteiger partial charge in [0, 0.05) is 22.3 Å². The maximum absolute atomic E-state index is 13.9. The van der Waals surface area contributed by atoms with Crippen molar-refractivity contribution in [3.05, 3.63) is 138 Å². The van der Waals surface area contributed by atoms with E-state index in [1.165, 1.54) is 11.3 Å². The zero-order valence-corrected chi connectivity index (χ0v) is 23.7. The van der Waals surface area contributed by atoms with Gasteiger partial charge in [0.05, 0.1) is 29.0 Å². The lowest BCUT2D eigenvalue weighted by Crippen LogP contribution is -2.40. The predicted molar refractivity (Wildman–Crippen MR) is 161 cm³/mol. The minimum absolute atomic E-state index is 0.278. The summed E-state index contributed by atoms with van der Waals surface area (Å²) in [6.45, 7) is 1.79. The van der Waals surface area contributed by atoms with E-state index in [0.717, 1.165) is 11.1 Å². The summed E-state index contributed by atoms with van der Waals surface area (Å²) in [4.78, 5) is 32.8. The molecule has 3 heterocycles. The van der Waals surface area contributed by atoms with Crippen molar-refractivity contribution in [2.75, 3.05) is 12.4 Å². The molecule has 0 saturated carbocycles. The number of hydrogen-bond donors (Lipinski definition) is 1. The maximum atomic E-state index is 13.9. The molecule has 0 aliphatic carbocycles. The Balaban J connectivity index is 1.46. The molecule has 41 heavy (non-hydrogen) atoms. The van der Waals surface area contributed by atoms with Gasteiger partial charge in [-0.15, -0.1) is 0 Å². The lowest BCUT2D eigenvalue weighted by atomic mass is 9.95. The quantitative estimate of drug-likeness (QED) is 0.275. The number of furan rings is 1. The Kier molecular flexibility index (Phi) is 7.17. The third kappa shape index (κ3) is 5.27. The number of amides is 1. The van der Waals surface area contributed by atoms with Gasteiger partial charge in [0.15, 0.2) is 4.80 Å². The van der Waals surface area contributed by atoms with E-state index in [1.54, 1.807) is 36.8 Å². The molecule has 1 atom stereocenters. The number of ether oxygens (including phenoxy) is 1. The van der Waals surface area contributed by atoms with Crippen LogP contribution in [0.5, 0.6) is 5.75 Å². The number of allylic oxidation sites excluding steroid dienone is 1. The van der Waals surface area contributed by atoms with Crippen molar-refractivity contribution in [3.8, 4) is 17.1 Å². The van der Waals surface area contributed by atoms with Crippen LogP contribution in [0.4, 0.5) is 5.69 Å². The number of halogens is 1. The Labute approximate surface area is 244 Å². The highest BCUT2D eigenvalue weighted by atomic mass is 35.5. The molecule has 204 valence electrons. The van der Waals surface area contributed by atoms with E-state index in [2.05, 4.69) is 5.32 Å². The molecule has 0 unspecified atom stereocenters. The molecule has 9 heteroatoms. The number of anilines is 1. The van der Waals surface area contributed by atoms with Gasteiger partial charge in [0.1, 0.15) is 17.3 Å². The van der Waals surface area contributed by atoms with Crippen molar-refractivity contribution < 1.29 is 13.9 Å². The van der Waals surface area contributed by atoms with Crippen LogP contribution in [0.25, 0.3) is 17.4 Å². The van der Waals surface area contributed by atoms with Crippen molar-refractivity contribution in [3.63, 3.8) is 0 Å². The van der Waals surface area contributed by atoms with Crippen LogP contribution < -0.4 is 24.9 Å². The lowest BCUT2D eigenvalue weighted by Gasteiger charge is -2.25. The van der Waals surface area contributed by atoms with Gasteiger partial charge in [-0.25, -0.2) is 4.99 Å². The third-order valence-electron chi connectivity index (χ3n) is 6.72. The van der Waals surface area contributed by atoms with E-state index in [1.807, 2.05) is 78.9 Å². The fourth-order valence-corrected chi connectivity index (χ4v) is 6.03. The SMILES string of the molecule is COc1cccc([C@@H]2C(C(=O)Nc3ccccc3)=C(C)N=c3s/c(=C\c4ccc(-c5cccc(Cl)c5)o4)c(=O)n32)c1. The number of methoxy groups -OCH3 is 1. The smallest absolute Gasteiger partial charge is 0.271 e. The van der Waals surface area contributed by atoms with Crippen LogP contribution >= 0.6 is 22.9 Å². The van der Waals surface area contributed by atoms with Gasteiger partial charge in [-0.05, 0) is 61.0 Å². The minimum Gasteiger partial charge on any atom is -0.497 e. The van der Waals surface area contributed by atoms with Gasteiger partial charge in [0.2, 0.25) is 0 Å². The second-order valence-corrected chi connectivity index (χ2v) is 10.8. The molecule has 1 aliphatic rings. The number of aromatic nitrogens is 1. The number of hydrogen-bond acceptors (Lipinski definition) is 6. The highest BCUT2D eigenvalue weighted by molar-refractivity contribution is 7.07. The summed E-state index contributed by atoms with van der Waals surface area (Å²) in [5.41, 5.74) is 2.84. The Morgan fingerprint density at radius 2 is 1.85 bits per heavy atom. The molecule has 1 amide bonds. The van der Waals surface area contributed by atoms with E-state index < -0.39 is 6.04 Å². The normalized spacial score (nSPS) is 14.9. The molecule has 0 saturated heterocycles. The molecular weight excluding hydrogens is 558 g/mol. The Morgan fingerprint density at radius 1 is 1.05 bits per heavy atom. The molecule has 0 spiro atoms. The van der Waals surface area contributed by atoms with Gasteiger partial charge in [-0.2, -0.15) is 0 Å². The molecular formula is C32H24ClN3O4S. The summed E-state index contributed by atoms with van der Waals surface area (Å²) >= 11 is 7.39. The van der Waals surface area contributed by atoms with E-state index in [-0.39, 0.29) is 11.5 Å². The number of thiazole rings is 1. The zero-order valence-electron chi connectivity index (χ0n) is 22.1. The molecule has 3 aromatic carbocycles. The number of nitrogens with one attached hydrogen (secondary N) is 1. The molecule has 0 fully saturated rings. The largest absolute Gasteiger partial charge is 0.497 e. The van der Waals surface area contributed by atoms with E-state index in [0.29, 0.717) is 48.6 Å². The Bertz CT molecular complexity index is 1990. The lowest BCUT2D eigenvalue weighted by molar-refractivity contribution is -0.113. The average molecular weight is 582 g/mol. The van der Waals surface area contributed by atoms with Gasteiger partial charge >= 0.3 is 0 Å². The van der Waals surface area contributed by atoms with Crippen LogP contribution in [-0.4, -0.2) is 17.6 Å². The molecule has 0 bridgehead atoms. The van der Waals surface area contributed by atoms with Crippen LogP contribution in [-0.2, 0) is 4.79 Å². The number of carbonyl (C=O) groups is 1. The summed E-state index contributed by atoms with van der Waals surface area (Å²) in [5, 5.41) is 3.56. The highest BCUT2D eigenvalue weighted by Crippen LogP contribution is 2.32. The third-order valence-corrected chi connectivity index (χ3v) is 7.93.